The second kappa shape index (κ2) is 13.2. The van der Waals surface area contributed by atoms with Gasteiger partial charge in [0.25, 0.3) is 0 Å². The van der Waals surface area contributed by atoms with E-state index in [1.807, 2.05) is 36.4 Å². The maximum atomic E-state index is 12.2. The molecule has 4 aromatic rings. The molecular formula is C29H34ClN7OS. The summed E-state index contributed by atoms with van der Waals surface area (Å²) in [6.45, 7) is 7.35. The van der Waals surface area contributed by atoms with Gasteiger partial charge in [0.2, 0.25) is 5.95 Å². The summed E-state index contributed by atoms with van der Waals surface area (Å²) in [5.41, 5.74) is 2.82. The molecule has 1 fully saturated rings. The van der Waals surface area contributed by atoms with Crippen LogP contribution < -0.4 is 16.0 Å². The number of urea groups is 1. The summed E-state index contributed by atoms with van der Waals surface area (Å²) < 4.78 is 1.12. The number of anilines is 1. The molecule has 1 saturated heterocycles. The third kappa shape index (κ3) is 7.67. The van der Waals surface area contributed by atoms with Crippen molar-refractivity contribution >= 4 is 45.0 Å². The Kier molecular flexibility index (Phi) is 9.26. The molecular weight excluding hydrogens is 530 g/mol. The Morgan fingerprint density at radius 2 is 1.77 bits per heavy atom. The van der Waals surface area contributed by atoms with E-state index in [9.17, 15) is 4.79 Å². The zero-order valence-corrected chi connectivity index (χ0v) is 23.7. The number of hydrogen-bond acceptors (Lipinski definition) is 7. The van der Waals surface area contributed by atoms with Crippen molar-refractivity contribution in [2.24, 2.45) is 0 Å². The second-order valence-corrected chi connectivity index (χ2v) is 11.3. The standard InChI is InChI=1S/C29H34ClN7OS/c1-36-12-14-37(15-13-36)11-5-10-31-28-32-20-24(30)27(35-28)26-17-23-9-8-22(16-25(23)39-26)19-34-29(38)33-18-21-6-3-2-4-7-21/h2-4,6-9,16-17,20H,5,10-15,18-19H2,1H3,(H,31,32,35)(H2,33,34,38). The predicted molar refractivity (Wildman–Crippen MR) is 160 cm³/mol. The summed E-state index contributed by atoms with van der Waals surface area (Å²) in [6, 6.07) is 18.0. The van der Waals surface area contributed by atoms with Gasteiger partial charge in [0.15, 0.2) is 0 Å². The molecule has 2 amide bonds. The lowest BCUT2D eigenvalue weighted by Crippen LogP contribution is -2.44. The van der Waals surface area contributed by atoms with Crippen LogP contribution in [0.3, 0.4) is 0 Å². The molecule has 1 aliphatic heterocycles. The van der Waals surface area contributed by atoms with Crippen LogP contribution in [0.5, 0.6) is 0 Å². The highest BCUT2D eigenvalue weighted by molar-refractivity contribution is 7.22. The maximum absolute atomic E-state index is 12.2. The number of carbonyl (C=O) groups is 1. The first-order valence-corrected chi connectivity index (χ1v) is 14.5. The Labute approximate surface area is 238 Å². The van der Waals surface area contributed by atoms with Crippen molar-refractivity contribution in [1.29, 1.82) is 0 Å². The number of aromatic nitrogens is 2. The minimum atomic E-state index is -0.192. The largest absolute Gasteiger partial charge is 0.354 e. The van der Waals surface area contributed by atoms with Crippen molar-refractivity contribution in [3.8, 4) is 10.6 Å². The molecule has 204 valence electrons. The van der Waals surface area contributed by atoms with Crippen molar-refractivity contribution < 1.29 is 4.79 Å². The van der Waals surface area contributed by atoms with Gasteiger partial charge < -0.3 is 25.8 Å². The quantitative estimate of drug-likeness (QED) is 0.234. The average Bonchev–Trinajstić information content (AvgIpc) is 3.38. The Morgan fingerprint density at radius 1 is 1.00 bits per heavy atom. The van der Waals surface area contributed by atoms with Gasteiger partial charge in [-0.15, -0.1) is 11.3 Å². The Balaban J connectivity index is 1.15. The zero-order chi connectivity index (χ0) is 27.0. The number of nitrogens with one attached hydrogen (secondary N) is 3. The number of fused-ring (bicyclic) bond motifs is 1. The summed E-state index contributed by atoms with van der Waals surface area (Å²) >= 11 is 8.15. The molecule has 0 unspecified atom stereocenters. The van der Waals surface area contributed by atoms with E-state index >= 15 is 0 Å². The van der Waals surface area contributed by atoms with Gasteiger partial charge in [-0.1, -0.05) is 54.1 Å². The molecule has 2 aromatic carbocycles. The second-order valence-electron chi connectivity index (χ2n) is 9.82. The van der Waals surface area contributed by atoms with Gasteiger partial charge in [-0.3, -0.25) is 0 Å². The first kappa shape index (κ1) is 27.3. The van der Waals surface area contributed by atoms with E-state index in [1.165, 1.54) is 0 Å². The van der Waals surface area contributed by atoms with Gasteiger partial charge in [0.05, 0.1) is 16.1 Å². The van der Waals surface area contributed by atoms with E-state index in [4.69, 9.17) is 16.6 Å². The first-order chi connectivity index (χ1) is 19.0. The lowest BCUT2D eigenvalue weighted by Gasteiger charge is -2.32. The lowest BCUT2D eigenvalue weighted by molar-refractivity contribution is 0.154. The third-order valence-electron chi connectivity index (χ3n) is 6.84. The number of thiophene rings is 1. The average molecular weight is 564 g/mol. The number of benzene rings is 2. The fourth-order valence-corrected chi connectivity index (χ4v) is 5.90. The zero-order valence-electron chi connectivity index (χ0n) is 22.1. The highest BCUT2D eigenvalue weighted by Gasteiger charge is 2.14. The molecule has 0 atom stereocenters. The van der Waals surface area contributed by atoms with Crippen LogP contribution in [0.4, 0.5) is 10.7 Å². The number of rotatable bonds is 10. The Hall–Kier alpha value is -3.24. The molecule has 1 aliphatic rings. The molecule has 39 heavy (non-hydrogen) atoms. The summed E-state index contributed by atoms with van der Waals surface area (Å²) in [7, 11) is 2.18. The van der Waals surface area contributed by atoms with Crippen molar-refractivity contribution in [1.82, 2.24) is 30.4 Å². The maximum Gasteiger partial charge on any atom is 0.315 e. The SMILES string of the molecule is CN1CCN(CCCNc2ncc(Cl)c(-c3cc4ccc(CNC(=O)NCc5ccccc5)cc4s3)n2)CC1. The minimum Gasteiger partial charge on any atom is -0.354 e. The van der Waals surface area contributed by atoms with Crippen molar-refractivity contribution in [3.63, 3.8) is 0 Å². The van der Waals surface area contributed by atoms with Crippen LogP contribution in [0.15, 0.2) is 60.8 Å². The molecule has 0 aliphatic carbocycles. The monoisotopic (exact) mass is 563 g/mol. The molecule has 0 bridgehead atoms. The molecule has 10 heteroatoms. The highest BCUT2D eigenvalue weighted by Crippen LogP contribution is 2.36. The Morgan fingerprint density at radius 3 is 2.56 bits per heavy atom. The topological polar surface area (TPSA) is 85.4 Å². The molecule has 0 saturated carbocycles. The molecule has 3 heterocycles. The third-order valence-corrected chi connectivity index (χ3v) is 8.22. The Bertz CT molecular complexity index is 1390. The number of carbonyl (C=O) groups excluding carboxylic acids is 1. The predicted octanol–water partition coefficient (Wildman–Crippen LogP) is 5.06. The van der Waals surface area contributed by atoms with E-state index in [2.05, 4.69) is 56.0 Å². The summed E-state index contributed by atoms with van der Waals surface area (Å²) in [5, 5.41) is 10.8. The first-order valence-electron chi connectivity index (χ1n) is 13.3. The number of nitrogens with zero attached hydrogens (tertiary/aromatic N) is 4. The summed E-state index contributed by atoms with van der Waals surface area (Å²) in [6.07, 6.45) is 2.70. The number of amides is 2. The van der Waals surface area contributed by atoms with Gasteiger partial charge in [0.1, 0.15) is 5.69 Å². The lowest BCUT2D eigenvalue weighted by atomic mass is 10.1. The van der Waals surface area contributed by atoms with E-state index < -0.39 is 0 Å². The van der Waals surface area contributed by atoms with E-state index in [0.29, 0.717) is 24.1 Å². The van der Waals surface area contributed by atoms with Gasteiger partial charge in [-0.25, -0.2) is 14.8 Å². The van der Waals surface area contributed by atoms with Gasteiger partial charge in [-0.2, -0.15) is 0 Å². The van der Waals surface area contributed by atoms with Crippen LogP contribution in [0.2, 0.25) is 5.02 Å². The van der Waals surface area contributed by atoms with E-state index in [1.54, 1.807) is 17.5 Å². The van der Waals surface area contributed by atoms with Crippen LogP contribution in [0.1, 0.15) is 17.5 Å². The number of piperazine rings is 1. The van der Waals surface area contributed by atoms with Crippen LogP contribution in [-0.4, -0.2) is 72.1 Å². The van der Waals surface area contributed by atoms with Crippen molar-refractivity contribution in [2.45, 2.75) is 19.5 Å². The van der Waals surface area contributed by atoms with E-state index in [0.717, 1.165) is 77.5 Å². The molecule has 0 radical (unpaired) electrons. The van der Waals surface area contributed by atoms with Gasteiger partial charge in [-0.05, 0) is 48.7 Å². The number of likely N-dealkylation sites (N-methyl/N-ethyl adjacent to an activating group) is 1. The fourth-order valence-electron chi connectivity index (χ4n) is 4.52. The van der Waals surface area contributed by atoms with Crippen LogP contribution in [0.25, 0.3) is 20.7 Å². The smallest absolute Gasteiger partial charge is 0.315 e. The minimum absolute atomic E-state index is 0.192. The molecule has 0 spiro atoms. The molecule has 3 N–H and O–H groups in total. The van der Waals surface area contributed by atoms with Gasteiger partial charge in [0, 0.05) is 50.5 Å². The van der Waals surface area contributed by atoms with Crippen LogP contribution >= 0.6 is 22.9 Å². The molecule has 2 aromatic heterocycles. The molecule has 8 nitrogen and oxygen atoms in total. The normalized spacial score (nSPS) is 14.4. The highest BCUT2D eigenvalue weighted by atomic mass is 35.5. The van der Waals surface area contributed by atoms with Crippen molar-refractivity contribution in [3.05, 3.63) is 76.9 Å². The number of hydrogen-bond donors (Lipinski definition) is 3. The molecule has 5 rings (SSSR count). The fraction of sp³-hybridized carbons (Fsp3) is 0.345. The van der Waals surface area contributed by atoms with Crippen LogP contribution in [0, 0.1) is 0 Å². The summed E-state index contributed by atoms with van der Waals surface area (Å²) in [4.78, 5) is 27.2. The summed E-state index contributed by atoms with van der Waals surface area (Å²) in [5.74, 6) is 0.594. The number of halogens is 1. The van der Waals surface area contributed by atoms with Crippen LogP contribution in [-0.2, 0) is 13.1 Å². The van der Waals surface area contributed by atoms with E-state index in [-0.39, 0.29) is 6.03 Å². The van der Waals surface area contributed by atoms with Crippen molar-refractivity contribution in [2.75, 3.05) is 51.6 Å². The van der Waals surface area contributed by atoms with Gasteiger partial charge >= 0.3 is 6.03 Å².